The molecule has 4 amide bonds. The molecule has 1 aromatic rings. The van der Waals surface area contributed by atoms with Crippen LogP contribution in [0.2, 0.25) is 0 Å². The zero-order valence-corrected chi connectivity index (χ0v) is 14.8. The van der Waals surface area contributed by atoms with Crippen molar-refractivity contribution < 1.29 is 14.4 Å². The van der Waals surface area contributed by atoms with Crippen LogP contribution >= 0.6 is 0 Å². The average molecular weight is 334 g/mol. The summed E-state index contributed by atoms with van der Waals surface area (Å²) in [4.78, 5) is 35.8. The standard InChI is InChI=1S/C17H26N4O3/c1-6-10(2)19-15(22)12(4)20-17(24)21-14-9-7-8-13(11(14)3)16(23)18-5/h7-10,12H,6H2,1-5H3,(H,18,23)(H,19,22)(H2,20,21,24)/t10-,12+/m1/s1. The molecule has 0 saturated heterocycles. The fourth-order valence-electron chi connectivity index (χ4n) is 2.04. The van der Waals surface area contributed by atoms with Crippen molar-refractivity contribution in [3.8, 4) is 0 Å². The van der Waals surface area contributed by atoms with Gasteiger partial charge in [-0.15, -0.1) is 0 Å². The summed E-state index contributed by atoms with van der Waals surface area (Å²) in [5.74, 6) is -0.465. The van der Waals surface area contributed by atoms with Crippen LogP contribution in [0.4, 0.5) is 10.5 Å². The minimum absolute atomic E-state index is 0.0521. The van der Waals surface area contributed by atoms with Crippen LogP contribution in [0.1, 0.15) is 43.1 Å². The molecule has 0 spiro atoms. The van der Waals surface area contributed by atoms with E-state index in [9.17, 15) is 14.4 Å². The van der Waals surface area contributed by atoms with Crippen LogP contribution in [0, 0.1) is 6.92 Å². The van der Waals surface area contributed by atoms with E-state index in [2.05, 4.69) is 21.3 Å². The molecule has 0 aliphatic carbocycles. The van der Waals surface area contributed by atoms with Crippen molar-refractivity contribution in [3.63, 3.8) is 0 Å². The Morgan fingerprint density at radius 3 is 2.38 bits per heavy atom. The molecule has 0 fully saturated rings. The molecule has 0 aliphatic heterocycles. The summed E-state index contributed by atoms with van der Waals surface area (Å²) >= 11 is 0. The molecule has 2 atom stereocenters. The van der Waals surface area contributed by atoms with Crippen LogP contribution in [-0.4, -0.2) is 37.0 Å². The highest BCUT2D eigenvalue weighted by atomic mass is 16.2. The minimum Gasteiger partial charge on any atom is -0.355 e. The number of carbonyl (C=O) groups is 3. The van der Waals surface area contributed by atoms with Gasteiger partial charge in [-0.3, -0.25) is 9.59 Å². The van der Waals surface area contributed by atoms with Crippen LogP contribution in [0.15, 0.2) is 18.2 Å². The number of carbonyl (C=O) groups excluding carboxylic acids is 3. The highest BCUT2D eigenvalue weighted by Crippen LogP contribution is 2.18. The molecule has 4 N–H and O–H groups in total. The van der Waals surface area contributed by atoms with Crippen LogP contribution < -0.4 is 21.3 Å². The van der Waals surface area contributed by atoms with Crippen molar-refractivity contribution in [2.24, 2.45) is 0 Å². The molecule has 0 heterocycles. The van der Waals surface area contributed by atoms with E-state index in [1.807, 2.05) is 13.8 Å². The number of hydrogen-bond donors (Lipinski definition) is 4. The smallest absolute Gasteiger partial charge is 0.319 e. The molecule has 1 rings (SSSR count). The molecule has 7 heteroatoms. The predicted molar refractivity (Wildman–Crippen MR) is 94.1 cm³/mol. The summed E-state index contributed by atoms with van der Waals surface area (Å²) in [5, 5.41) is 10.6. The van der Waals surface area contributed by atoms with E-state index in [-0.39, 0.29) is 17.9 Å². The Balaban J connectivity index is 2.72. The quantitative estimate of drug-likeness (QED) is 0.638. The Morgan fingerprint density at radius 1 is 1.12 bits per heavy atom. The highest BCUT2D eigenvalue weighted by Gasteiger charge is 2.18. The molecule has 0 bridgehead atoms. The Morgan fingerprint density at radius 2 is 1.79 bits per heavy atom. The fourth-order valence-corrected chi connectivity index (χ4v) is 2.04. The van der Waals surface area contributed by atoms with Gasteiger partial charge < -0.3 is 21.3 Å². The van der Waals surface area contributed by atoms with Crippen molar-refractivity contribution in [1.82, 2.24) is 16.0 Å². The van der Waals surface area contributed by atoms with Crippen LogP contribution in [-0.2, 0) is 4.79 Å². The van der Waals surface area contributed by atoms with E-state index >= 15 is 0 Å². The molecular weight excluding hydrogens is 308 g/mol. The fraction of sp³-hybridized carbons (Fsp3) is 0.471. The number of rotatable bonds is 6. The lowest BCUT2D eigenvalue weighted by molar-refractivity contribution is -0.123. The first-order chi connectivity index (χ1) is 11.3. The molecule has 0 aromatic heterocycles. The Bertz CT molecular complexity index is 616. The number of hydrogen-bond acceptors (Lipinski definition) is 3. The van der Waals surface area contributed by atoms with Gasteiger partial charge in [-0.1, -0.05) is 13.0 Å². The zero-order valence-electron chi connectivity index (χ0n) is 14.8. The molecule has 132 valence electrons. The second-order valence-electron chi connectivity index (χ2n) is 5.70. The van der Waals surface area contributed by atoms with Gasteiger partial charge in [0.25, 0.3) is 5.91 Å². The van der Waals surface area contributed by atoms with Gasteiger partial charge in [0.1, 0.15) is 6.04 Å². The minimum atomic E-state index is -0.665. The van der Waals surface area contributed by atoms with E-state index in [1.54, 1.807) is 39.1 Å². The first-order valence-electron chi connectivity index (χ1n) is 7.99. The SMILES string of the molecule is CC[C@@H](C)NC(=O)[C@H](C)NC(=O)Nc1cccc(C(=O)NC)c1C. The van der Waals surface area contributed by atoms with Gasteiger partial charge >= 0.3 is 6.03 Å². The maximum Gasteiger partial charge on any atom is 0.319 e. The summed E-state index contributed by atoms with van der Waals surface area (Å²) in [6.45, 7) is 7.24. The maximum atomic E-state index is 12.1. The highest BCUT2D eigenvalue weighted by molar-refractivity contribution is 5.99. The van der Waals surface area contributed by atoms with E-state index in [1.165, 1.54) is 0 Å². The third-order valence-electron chi connectivity index (χ3n) is 3.80. The number of anilines is 1. The van der Waals surface area contributed by atoms with Crippen molar-refractivity contribution >= 4 is 23.5 Å². The van der Waals surface area contributed by atoms with E-state index in [4.69, 9.17) is 0 Å². The Kier molecular flexibility index (Phi) is 7.23. The lowest BCUT2D eigenvalue weighted by Crippen LogP contribution is -2.48. The first-order valence-corrected chi connectivity index (χ1v) is 7.99. The normalized spacial score (nSPS) is 12.7. The zero-order chi connectivity index (χ0) is 18.3. The third kappa shape index (κ3) is 5.26. The van der Waals surface area contributed by atoms with Gasteiger partial charge in [0.15, 0.2) is 0 Å². The van der Waals surface area contributed by atoms with Gasteiger partial charge in [0.05, 0.1) is 0 Å². The topological polar surface area (TPSA) is 99.3 Å². The van der Waals surface area contributed by atoms with Gasteiger partial charge in [-0.2, -0.15) is 0 Å². The average Bonchev–Trinajstić information content (AvgIpc) is 2.55. The van der Waals surface area contributed by atoms with Crippen LogP contribution in [0.25, 0.3) is 0 Å². The Hall–Kier alpha value is -2.57. The number of urea groups is 1. The number of amides is 4. The van der Waals surface area contributed by atoms with Gasteiger partial charge in [-0.05, 0) is 44.9 Å². The van der Waals surface area contributed by atoms with Crippen molar-refractivity contribution in [2.75, 3.05) is 12.4 Å². The summed E-state index contributed by atoms with van der Waals surface area (Å²) < 4.78 is 0. The van der Waals surface area contributed by atoms with Crippen molar-refractivity contribution in [3.05, 3.63) is 29.3 Å². The number of nitrogens with one attached hydrogen (secondary N) is 4. The summed E-state index contributed by atoms with van der Waals surface area (Å²) in [6.07, 6.45) is 0.816. The van der Waals surface area contributed by atoms with Gasteiger partial charge in [0, 0.05) is 24.3 Å². The van der Waals surface area contributed by atoms with E-state index in [0.29, 0.717) is 16.8 Å². The van der Waals surface area contributed by atoms with Crippen molar-refractivity contribution in [2.45, 2.75) is 46.2 Å². The Labute approximate surface area is 142 Å². The second-order valence-corrected chi connectivity index (χ2v) is 5.70. The maximum absolute atomic E-state index is 12.1. The third-order valence-corrected chi connectivity index (χ3v) is 3.80. The van der Waals surface area contributed by atoms with Crippen molar-refractivity contribution in [1.29, 1.82) is 0 Å². The molecular formula is C17H26N4O3. The van der Waals surface area contributed by atoms with Crippen LogP contribution in [0.3, 0.4) is 0 Å². The largest absolute Gasteiger partial charge is 0.355 e. The monoisotopic (exact) mass is 334 g/mol. The lowest BCUT2D eigenvalue weighted by Gasteiger charge is -2.18. The molecule has 0 aliphatic rings. The second kappa shape index (κ2) is 8.90. The van der Waals surface area contributed by atoms with E-state index < -0.39 is 12.1 Å². The lowest BCUT2D eigenvalue weighted by atomic mass is 10.1. The number of benzene rings is 1. The first kappa shape index (κ1) is 19.5. The summed E-state index contributed by atoms with van der Waals surface area (Å²) in [5.41, 5.74) is 1.66. The predicted octanol–water partition coefficient (Wildman–Crippen LogP) is 1.78. The summed E-state index contributed by atoms with van der Waals surface area (Å²) in [6, 6.07) is 3.95. The van der Waals surface area contributed by atoms with Gasteiger partial charge in [0.2, 0.25) is 5.91 Å². The van der Waals surface area contributed by atoms with Crippen LogP contribution in [0.5, 0.6) is 0 Å². The molecule has 0 saturated carbocycles. The summed E-state index contributed by atoms with van der Waals surface area (Å²) in [7, 11) is 1.55. The molecule has 24 heavy (non-hydrogen) atoms. The molecule has 1 aromatic carbocycles. The van der Waals surface area contributed by atoms with Gasteiger partial charge in [-0.25, -0.2) is 4.79 Å². The molecule has 7 nitrogen and oxygen atoms in total. The molecule has 0 unspecified atom stereocenters. The van der Waals surface area contributed by atoms with E-state index in [0.717, 1.165) is 6.42 Å². The molecule has 0 radical (unpaired) electrons.